The number of halogens is 1. The summed E-state index contributed by atoms with van der Waals surface area (Å²) in [6.45, 7) is 4.69. The summed E-state index contributed by atoms with van der Waals surface area (Å²) >= 11 is 6.06. The second-order valence-corrected chi connectivity index (χ2v) is 6.37. The van der Waals surface area contributed by atoms with Gasteiger partial charge in [-0.05, 0) is 55.3 Å². The number of benzene rings is 2. The van der Waals surface area contributed by atoms with Crippen LogP contribution in [0, 0.1) is 6.92 Å². The summed E-state index contributed by atoms with van der Waals surface area (Å²) in [6.07, 6.45) is 3.19. The van der Waals surface area contributed by atoms with Crippen molar-refractivity contribution in [2.24, 2.45) is 0 Å². The SMILES string of the molecule is CCCCCNC(=O)c1ccc(C(=O)Nc2ccc(C)c(Cl)c2)cc1. The topological polar surface area (TPSA) is 58.2 Å². The van der Waals surface area contributed by atoms with Crippen LogP contribution < -0.4 is 10.6 Å². The first-order valence-corrected chi connectivity index (χ1v) is 8.85. The average molecular weight is 359 g/mol. The zero-order chi connectivity index (χ0) is 18.2. The summed E-state index contributed by atoms with van der Waals surface area (Å²) in [4.78, 5) is 24.3. The third-order valence-electron chi connectivity index (χ3n) is 3.90. The van der Waals surface area contributed by atoms with E-state index >= 15 is 0 Å². The second-order valence-electron chi connectivity index (χ2n) is 5.96. The lowest BCUT2D eigenvalue weighted by Gasteiger charge is -2.08. The molecule has 2 N–H and O–H groups in total. The van der Waals surface area contributed by atoms with Crippen molar-refractivity contribution in [3.63, 3.8) is 0 Å². The number of anilines is 1. The Kier molecular flexibility index (Phi) is 7.02. The number of unbranched alkanes of at least 4 members (excludes halogenated alkanes) is 2. The maximum Gasteiger partial charge on any atom is 0.255 e. The van der Waals surface area contributed by atoms with Gasteiger partial charge in [0.25, 0.3) is 11.8 Å². The highest BCUT2D eigenvalue weighted by atomic mass is 35.5. The minimum Gasteiger partial charge on any atom is -0.352 e. The minimum absolute atomic E-state index is 0.117. The van der Waals surface area contributed by atoms with Gasteiger partial charge in [-0.2, -0.15) is 0 Å². The van der Waals surface area contributed by atoms with E-state index in [2.05, 4.69) is 17.6 Å². The third-order valence-corrected chi connectivity index (χ3v) is 4.31. The number of aryl methyl sites for hydroxylation is 1. The second kappa shape index (κ2) is 9.23. The monoisotopic (exact) mass is 358 g/mol. The average Bonchev–Trinajstić information content (AvgIpc) is 2.62. The predicted molar refractivity (Wildman–Crippen MR) is 102 cm³/mol. The van der Waals surface area contributed by atoms with Crippen LogP contribution in [0.5, 0.6) is 0 Å². The first-order valence-electron chi connectivity index (χ1n) is 8.47. The molecule has 0 fully saturated rings. The number of carbonyl (C=O) groups excluding carboxylic acids is 2. The van der Waals surface area contributed by atoms with Crippen LogP contribution in [-0.4, -0.2) is 18.4 Å². The molecule has 0 radical (unpaired) electrons. The summed E-state index contributed by atoms with van der Waals surface area (Å²) in [5, 5.41) is 6.28. The predicted octanol–water partition coefficient (Wildman–Crippen LogP) is 4.82. The molecule has 0 aliphatic carbocycles. The maximum atomic E-state index is 12.3. The summed E-state index contributed by atoms with van der Waals surface area (Å²) in [7, 11) is 0. The lowest BCUT2D eigenvalue weighted by molar-refractivity contribution is 0.0951. The lowest BCUT2D eigenvalue weighted by atomic mass is 10.1. The van der Waals surface area contributed by atoms with Gasteiger partial charge < -0.3 is 10.6 Å². The van der Waals surface area contributed by atoms with Crippen molar-refractivity contribution in [2.45, 2.75) is 33.1 Å². The minimum atomic E-state index is -0.241. The van der Waals surface area contributed by atoms with Gasteiger partial charge >= 0.3 is 0 Å². The van der Waals surface area contributed by atoms with E-state index in [4.69, 9.17) is 11.6 Å². The molecular formula is C20H23ClN2O2. The molecule has 0 aliphatic heterocycles. The fourth-order valence-corrected chi connectivity index (χ4v) is 2.51. The van der Waals surface area contributed by atoms with Gasteiger partial charge in [0.05, 0.1) is 0 Å². The van der Waals surface area contributed by atoms with Crippen LogP contribution in [0.4, 0.5) is 5.69 Å². The van der Waals surface area contributed by atoms with E-state index in [0.29, 0.717) is 28.4 Å². The van der Waals surface area contributed by atoms with Gasteiger partial charge in [-0.3, -0.25) is 9.59 Å². The largest absolute Gasteiger partial charge is 0.352 e. The Morgan fingerprint density at radius 3 is 2.20 bits per heavy atom. The Balaban J connectivity index is 1.95. The van der Waals surface area contributed by atoms with Gasteiger partial charge in [-0.1, -0.05) is 37.4 Å². The van der Waals surface area contributed by atoms with Gasteiger partial charge in [0.2, 0.25) is 0 Å². The van der Waals surface area contributed by atoms with Crippen LogP contribution in [0.25, 0.3) is 0 Å². The molecule has 25 heavy (non-hydrogen) atoms. The number of hydrogen-bond donors (Lipinski definition) is 2. The number of rotatable bonds is 7. The van der Waals surface area contributed by atoms with Crippen LogP contribution in [0.15, 0.2) is 42.5 Å². The highest BCUT2D eigenvalue weighted by Crippen LogP contribution is 2.20. The van der Waals surface area contributed by atoms with Gasteiger partial charge in [0.1, 0.15) is 0 Å². The summed E-state index contributed by atoms with van der Waals surface area (Å²) in [6, 6.07) is 12.0. The van der Waals surface area contributed by atoms with Crippen LogP contribution >= 0.6 is 11.6 Å². The first-order chi connectivity index (χ1) is 12.0. The van der Waals surface area contributed by atoms with Gasteiger partial charge in [0, 0.05) is 28.4 Å². The number of carbonyl (C=O) groups is 2. The molecule has 0 aliphatic rings. The highest BCUT2D eigenvalue weighted by Gasteiger charge is 2.09. The zero-order valence-corrected chi connectivity index (χ0v) is 15.3. The molecule has 0 unspecified atom stereocenters. The first kappa shape index (κ1) is 19.0. The lowest BCUT2D eigenvalue weighted by Crippen LogP contribution is -2.24. The van der Waals surface area contributed by atoms with Crippen molar-refractivity contribution in [1.29, 1.82) is 0 Å². The van der Waals surface area contributed by atoms with E-state index in [1.807, 2.05) is 13.0 Å². The molecule has 0 saturated heterocycles. The molecule has 4 nitrogen and oxygen atoms in total. The van der Waals surface area contributed by atoms with E-state index in [9.17, 15) is 9.59 Å². The molecule has 2 aromatic carbocycles. The summed E-state index contributed by atoms with van der Waals surface area (Å²) < 4.78 is 0. The molecule has 2 rings (SSSR count). The number of nitrogens with one attached hydrogen (secondary N) is 2. The molecule has 5 heteroatoms. The van der Waals surface area contributed by atoms with E-state index < -0.39 is 0 Å². The molecule has 0 bridgehead atoms. The highest BCUT2D eigenvalue weighted by molar-refractivity contribution is 6.31. The van der Waals surface area contributed by atoms with Crippen molar-refractivity contribution in [2.75, 3.05) is 11.9 Å². The van der Waals surface area contributed by atoms with Crippen molar-refractivity contribution >= 4 is 29.1 Å². The Bertz CT molecular complexity index is 742. The summed E-state index contributed by atoms with van der Waals surface area (Å²) in [5.41, 5.74) is 2.62. The summed E-state index contributed by atoms with van der Waals surface area (Å²) in [5.74, 6) is -0.358. The van der Waals surface area contributed by atoms with Crippen molar-refractivity contribution < 1.29 is 9.59 Å². The van der Waals surface area contributed by atoms with E-state index in [0.717, 1.165) is 24.8 Å². The van der Waals surface area contributed by atoms with Gasteiger partial charge in [0.15, 0.2) is 0 Å². The third kappa shape index (κ3) is 5.61. The molecule has 132 valence electrons. The number of hydrogen-bond acceptors (Lipinski definition) is 2. The quantitative estimate of drug-likeness (QED) is 0.697. The molecule has 2 aromatic rings. The van der Waals surface area contributed by atoms with Crippen molar-refractivity contribution in [3.8, 4) is 0 Å². The van der Waals surface area contributed by atoms with Crippen molar-refractivity contribution in [3.05, 3.63) is 64.2 Å². The van der Waals surface area contributed by atoms with Gasteiger partial charge in [-0.15, -0.1) is 0 Å². The zero-order valence-electron chi connectivity index (χ0n) is 14.6. The normalized spacial score (nSPS) is 10.4. The fraction of sp³-hybridized carbons (Fsp3) is 0.300. The molecule has 0 atom stereocenters. The van der Waals surface area contributed by atoms with Crippen molar-refractivity contribution in [1.82, 2.24) is 5.32 Å². The standard InChI is InChI=1S/C20H23ClN2O2/c1-3-4-5-12-22-19(24)15-7-9-16(10-8-15)20(25)23-17-11-6-14(2)18(21)13-17/h6-11,13H,3-5,12H2,1-2H3,(H,22,24)(H,23,25). The van der Waals surface area contributed by atoms with E-state index in [-0.39, 0.29) is 11.8 Å². The van der Waals surface area contributed by atoms with E-state index in [1.165, 1.54) is 0 Å². The Hall–Kier alpha value is -2.33. The van der Waals surface area contributed by atoms with Gasteiger partial charge in [-0.25, -0.2) is 0 Å². The Morgan fingerprint density at radius 2 is 1.60 bits per heavy atom. The molecule has 0 aromatic heterocycles. The maximum absolute atomic E-state index is 12.3. The molecule has 0 saturated carbocycles. The fourth-order valence-electron chi connectivity index (χ4n) is 2.33. The van der Waals surface area contributed by atoms with Crippen LogP contribution in [-0.2, 0) is 0 Å². The molecule has 2 amide bonds. The smallest absolute Gasteiger partial charge is 0.255 e. The Morgan fingerprint density at radius 1 is 0.960 bits per heavy atom. The molecule has 0 spiro atoms. The molecule has 0 heterocycles. The molecular weight excluding hydrogens is 336 g/mol. The van der Waals surface area contributed by atoms with Crippen LogP contribution in [0.2, 0.25) is 5.02 Å². The Labute approximate surface area is 153 Å². The van der Waals surface area contributed by atoms with Crippen LogP contribution in [0.3, 0.4) is 0 Å². The number of amides is 2. The van der Waals surface area contributed by atoms with Crippen LogP contribution in [0.1, 0.15) is 52.5 Å². The van der Waals surface area contributed by atoms with E-state index in [1.54, 1.807) is 36.4 Å².